The number of ketones is 1. The zero-order chi connectivity index (χ0) is 42.9. The second-order valence-corrected chi connectivity index (χ2v) is 22.9. The van der Waals surface area contributed by atoms with Crippen LogP contribution in [0.3, 0.4) is 0 Å². The number of allylic oxidation sites excluding steroid dienone is 1. The van der Waals surface area contributed by atoms with Gasteiger partial charge in [0.2, 0.25) is 5.91 Å². The molecule has 322 valence electrons. The molecule has 1 aromatic rings. The predicted molar refractivity (Wildman–Crippen MR) is 226 cm³/mol. The Hall–Kier alpha value is -3.20. The largest absolute Gasteiger partial charge is 0.481 e. The molecule has 3 N–H and O–H groups in total. The highest BCUT2D eigenvalue weighted by Crippen LogP contribution is 2.76. The van der Waals surface area contributed by atoms with Gasteiger partial charge in [0.1, 0.15) is 11.6 Å². The second kappa shape index (κ2) is 13.9. The Kier molecular flexibility index (Phi) is 10.0. The fraction of sp³-hybridized carbons (Fsp3) is 0.735. The Morgan fingerprint density at radius 3 is 2.05 bits per heavy atom. The minimum absolute atomic E-state index is 0.0127. The number of halogens is 1. The number of hydrogen-bond acceptors (Lipinski definition) is 6. The zero-order valence-corrected chi connectivity index (χ0v) is 37.6. The quantitative estimate of drug-likeness (QED) is 0.222. The van der Waals surface area contributed by atoms with Gasteiger partial charge in [-0.25, -0.2) is 0 Å². The first-order chi connectivity index (χ1) is 27.5. The number of carboxylic acids is 1. The maximum atomic E-state index is 14.6. The van der Waals surface area contributed by atoms with Crippen LogP contribution in [0.5, 0.6) is 0 Å². The van der Waals surface area contributed by atoms with Gasteiger partial charge in [-0.05, 0) is 158 Å². The van der Waals surface area contributed by atoms with Crippen LogP contribution in [0, 0.1) is 62.6 Å². The summed E-state index contributed by atoms with van der Waals surface area (Å²) in [6.45, 7) is 20.1. The standard InChI is InChI=1S/C49H67ClN2O7/c1-27(2)37-33(53)26-49(52-42(58)48(19-10-20-48)51-39(54)28-11-13-29(50)14-12-28)24-23-46(8)30(38(37)49)15-16-35-45(7)21-18-36(44(5,6)34(45)17-22-47(35,46)9)59-41(57)32-25-31(40(55)56)43(32,3)4/h11-14,27,30-32,34-36H,10,15-26H2,1-9H3,(H,51,54)(H,52,58)(H,55,56)/t30-,31+,32?,34+,35-,36+,45+,46-,47-,49-/m1/s1. The number of rotatable bonds is 8. The minimum atomic E-state index is -1.02. The third kappa shape index (κ3) is 6.06. The van der Waals surface area contributed by atoms with E-state index in [0.717, 1.165) is 56.9 Å². The van der Waals surface area contributed by atoms with Crippen LogP contribution < -0.4 is 10.6 Å². The lowest BCUT2D eigenvalue weighted by molar-refractivity contribution is -0.235. The molecule has 7 aliphatic rings. The molecule has 8 rings (SSSR count). The van der Waals surface area contributed by atoms with Gasteiger partial charge in [-0.3, -0.25) is 24.0 Å². The molecule has 59 heavy (non-hydrogen) atoms. The van der Waals surface area contributed by atoms with Crippen molar-refractivity contribution >= 4 is 41.1 Å². The molecular weight excluding hydrogens is 764 g/mol. The summed E-state index contributed by atoms with van der Waals surface area (Å²) in [5.74, 6) is -1.38. The number of ether oxygens (including phenoxy) is 1. The molecular formula is C49H67ClN2O7. The topological polar surface area (TPSA) is 139 Å². The number of carboxylic acid groups (broad SMARTS) is 1. The molecule has 1 unspecified atom stereocenters. The SMILES string of the molecule is CC(C)C1=C2[C@H]3CC[C@@H]4[C@@]5(C)CC[C@H](OC(=O)C6C[C@@H](C(=O)O)C6(C)C)C(C)(C)[C@@H]5CC[C@@]4(C)[C@]3(C)CC[C@@]2(NC(=O)C2(NC(=O)c3ccc(Cl)cc3)CCC2)CC1=O. The number of benzene rings is 1. The van der Waals surface area contributed by atoms with Crippen LogP contribution in [0.15, 0.2) is 35.4 Å². The molecule has 0 aliphatic heterocycles. The van der Waals surface area contributed by atoms with E-state index < -0.39 is 34.3 Å². The van der Waals surface area contributed by atoms with E-state index in [9.17, 15) is 29.1 Å². The van der Waals surface area contributed by atoms with E-state index in [1.165, 1.54) is 5.57 Å². The first-order valence-electron chi connectivity index (χ1n) is 22.6. The van der Waals surface area contributed by atoms with Crippen molar-refractivity contribution in [1.29, 1.82) is 0 Å². The van der Waals surface area contributed by atoms with Gasteiger partial charge in [0, 0.05) is 22.4 Å². The normalized spacial score (nSPS) is 39.9. The van der Waals surface area contributed by atoms with E-state index in [0.29, 0.717) is 48.1 Å². The van der Waals surface area contributed by atoms with Crippen molar-refractivity contribution in [2.75, 3.05) is 0 Å². The Morgan fingerprint density at radius 1 is 0.780 bits per heavy atom. The smallest absolute Gasteiger partial charge is 0.309 e. The van der Waals surface area contributed by atoms with Crippen LogP contribution in [-0.4, -0.2) is 51.8 Å². The first-order valence-corrected chi connectivity index (χ1v) is 23.0. The molecule has 7 aliphatic carbocycles. The summed E-state index contributed by atoms with van der Waals surface area (Å²) in [4.78, 5) is 67.8. The molecule has 1 aromatic carbocycles. The number of hydrogen-bond donors (Lipinski definition) is 3. The van der Waals surface area contributed by atoms with E-state index in [2.05, 4.69) is 59.1 Å². The fourth-order valence-electron chi connectivity index (χ4n) is 15.1. The average Bonchev–Trinajstić information content (AvgIpc) is 3.42. The van der Waals surface area contributed by atoms with E-state index >= 15 is 0 Å². The second-order valence-electron chi connectivity index (χ2n) is 22.4. The summed E-state index contributed by atoms with van der Waals surface area (Å²) in [6, 6.07) is 6.71. The third-order valence-corrected chi connectivity index (χ3v) is 19.2. The van der Waals surface area contributed by atoms with Gasteiger partial charge in [-0.1, -0.05) is 73.9 Å². The number of esters is 1. The highest BCUT2D eigenvalue weighted by atomic mass is 35.5. The third-order valence-electron chi connectivity index (χ3n) is 18.9. The maximum Gasteiger partial charge on any atom is 0.309 e. The van der Waals surface area contributed by atoms with Crippen molar-refractivity contribution in [2.24, 2.45) is 62.6 Å². The number of fused-ring (bicyclic) bond motifs is 7. The Morgan fingerprint density at radius 2 is 1.46 bits per heavy atom. The van der Waals surface area contributed by atoms with E-state index in [1.807, 2.05) is 13.8 Å². The monoisotopic (exact) mass is 830 g/mol. The summed E-state index contributed by atoms with van der Waals surface area (Å²) in [7, 11) is 0. The van der Waals surface area contributed by atoms with Crippen molar-refractivity contribution in [1.82, 2.24) is 10.6 Å². The average molecular weight is 832 g/mol. The van der Waals surface area contributed by atoms with Crippen LogP contribution in [0.25, 0.3) is 0 Å². The molecule has 10 heteroatoms. The molecule has 2 amide bonds. The van der Waals surface area contributed by atoms with Gasteiger partial charge < -0.3 is 20.5 Å². The summed E-state index contributed by atoms with van der Waals surface area (Å²) in [5.41, 5.74) is -0.211. The van der Waals surface area contributed by atoms with Gasteiger partial charge >= 0.3 is 11.9 Å². The minimum Gasteiger partial charge on any atom is -0.481 e. The maximum absolute atomic E-state index is 14.6. The molecule has 0 spiro atoms. The van der Waals surface area contributed by atoms with Crippen molar-refractivity contribution in [2.45, 2.75) is 163 Å². The summed E-state index contributed by atoms with van der Waals surface area (Å²) < 4.78 is 6.42. The van der Waals surface area contributed by atoms with Crippen LogP contribution >= 0.6 is 11.6 Å². The number of Topliss-reactive ketones (excluding diaryl/α,β-unsaturated/α-hetero) is 1. The molecule has 0 bridgehead atoms. The molecule has 0 radical (unpaired) electrons. The number of amides is 2. The summed E-state index contributed by atoms with van der Waals surface area (Å²) in [6.07, 6.45) is 9.74. The van der Waals surface area contributed by atoms with Crippen molar-refractivity contribution < 1.29 is 33.8 Å². The van der Waals surface area contributed by atoms with E-state index in [4.69, 9.17) is 16.3 Å². The summed E-state index contributed by atoms with van der Waals surface area (Å²) >= 11 is 6.09. The Bertz CT molecular complexity index is 2000. The lowest BCUT2D eigenvalue weighted by atomic mass is 9.33. The molecule has 0 aromatic heterocycles. The van der Waals surface area contributed by atoms with Crippen LogP contribution in [-0.2, 0) is 23.9 Å². The van der Waals surface area contributed by atoms with Crippen molar-refractivity contribution in [3.05, 3.63) is 46.0 Å². The predicted octanol–water partition coefficient (Wildman–Crippen LogP) is 9.50. The van der Waals surface area contributed by atoms with Crippen molar-refractivity contribution in [3.8, 4) is 0 Å². The highest BCUT2D eigenvalue weighted by molar-refractivity contribution is 6.30. The first kappa shape index (κ1) is 42.5. The molecule has 0 heterocycles. The molecule has 6 fully saturated rings. The molecule has 10 atom stereocenters. The van der Waals surface area contributed by atoms with Gasteiger partial charge in [0.05, 0.1) is 17.4 Å². The van der Waals surface area contributed by atoms with Gasteiger partial charge in [0.15, 0.2) is 5.78 Å². The highest BCUT2D eigenvalue weighted by Gasteiger charge is 2.71. The van der Waals surface area contributed by atoms with Gasteiger partial charge in [0.25, 0.3) is 5.91 Å². The molecule has 6 saturated carbocycles. The van der Waals surface area contributed by atoms with Gasteiger partial charge in [-0.15, -0.1) is 0 Å². The number of carbonyl (C=O) groups is 5. The lowest BCUT2D eigenvalue weighted by Crippen LogP contribution is -2.70. The zero-order valence-electron chi connectivity index (χ0n) is 36.8. The fourth-order valence-corrected chi connectivity index (χ4v) is 15.2. The lowest BCUT2D eigenvalue weighted by Gasteiger charge is -2.72. The Balaban J connectivity index is 1.05. The summed E-state index contributed by atoms with van der Waals surface area (Å²) in [5, 5.41) is 16.9. The van der Waals surface area contributed by atoms with E-state index in [1.54, 1.807) is 24.3 Å². The number of carbonyl (C=O) groups excluding carboxylic acids is 4. The number of nitrogens with one attached hydrogen (secondary N) is 2. The Labute approximate surface area is 356 Å². The van der Waals surface area contributed by atoms with E-state index in [-0.39, 0.29) is 69.6 Å². The van der Waals surface area contributed by atoms with Crippen LogP contribution in [0.2, 0.25) is 5.02 Å². The molecule has 0 saturated heterocycles. The molecule has 9 nitrogen and oxygen atoms in total. The van der Waals surface area contributed by atoms with Crippen molar-refractivity contribution in [3.63, 3.8) is 0 Å². The number of aliphatic carboxylic acids is 1. The van der Waals surface area contributed by atoms with Crippen LogP contribution in [0.4, 0.5) is 0 Å². The van der Waals surface area contributed by atoms with Gasteiger partial charge in [-0.2, -0.15) is 0 Å². The van der Waals surface area contributed by atoms with Crippen LogP contribution in [0.1, 0.15) is 156 Å².